The molecule has 0 unspecified atom stereocenters. The number of nitrogens with zero attached hydrogens (tertiary/aromatic N) is 2. The number of ether oxygens (including phenoxy) is 2. The van der Waals surface area contributed by atoms with Crippen LogP contribution in [-0.2, 0) is 25.7 Å². The lowest BCUT2D eigenvalue weighted by Gasteiger charge is -2.49. The zero-order chi connectivity index (χ0) is 44.7. The quantitative estimate of drug-likeness (QED) is 0.0487. The van der Waals surface area contributed by atoms with Crippen molar-refractivity contribution < 1.29 is 39.2 Å². The van der Waals surface area contributed by atoms with Crippen LogP contribution in [0, 0.1) is 5.92 Å². The summed E-state index contributed by atoms with van der Waals surface area (Å²) in [6, 6.07) is 6.35. The van der Waals surface area contributed by atoms with E-state index in [2.05, 4.69) is 13.8 Å². The van der Waals surface area contributed by atoms with Gasteiger partial charge in [-0.25, -0.2) is 9.69 Å². The van der Waals surface area contributed by atoms with Crippen LogP contribution in [0.1, 0.15) is 207 Å². The lowest BCUT2D eigenvalue weighted by Crippen LogP contribution is -2.71. The van der Waals surface area contributed by atoms with Crippen LogP contribution in [0.5, 0.6) is 0 Å². The molecule has 61 heavy (non-hydrogen) atoms. The molecular formula is C50H89N3O8. The van der Waals surface area contributed by atoms with Gasteiger partial charge in [0.1, 0.15) is 31.0 Å². The molecule has 0 saturated carbocycles. The molecule has 3 amide bonds. The van der Waals surface area contributed by atoms with E-state index in [9.17, 15) is 29.7 Å². The van der Waals surface area contributed by atoms with Crippen molar-refractivity contribution >= 4 is 17.9 Å². The first-order valence-corrected chi connectivity index (χ1v) is 24.8. The Morgan fingerprint density at radius 2 is 1.15 bits per heavy atom. The van der Waals surface area contributed by atoms with Crippen LogP contribution < -0.4 is 5.73 Å². The van der Waals surface area contributed by atoms with Crippen molar-refractivity contribution in [2.75, 3.05) is 13.2 Å². The molecule has 1 fully saturated rings. The average Bonchev–Trinajstić information content (AvgIpc) is 3.25. The molecule has 1 aliphatic heterocycles. The molecule has 352 valence electrons. The van der Waals surface area contributed by atoms with E-state index >= 15 is 0 Å². The average molecular weight is 860 g/mol. The molecule has 1 aromatic carbocycles. The Balaban J connectivity index is 2.24. The van der Waals surface area contributed by atoms with Crippen LogP contribution in [0.4, 0.5) is 4.79 Å². The summed E-state index contributed by atoms with van der Waals surface area (Å²) in [4.78, 5) is 45.0. The predicted octanol–water partition coefficient (Wildman–Crippen LogP) is 10.3. The Morgan fingerprint density at radius 3 is 1.61 bits per heavy atom. The Morgan fingerprint density at radius 1 is 0.689 bits per heavy atom. The minimum absolute atomic E-state index is 0.0121. The number of aliphatic hydroxyl groups excluding tert-OH is 3. The Kier molecular flexibility index (Phi) is 30.3. The molecule has 11 nitrogen and oxygen atoms in total. The van der Waals surface area contributed by atoms with Crippen LogP contribution >= 0.6 is 0 Å². The van der Waals surface area contributed by atoms with E-state index in [1.807, 2.05) is 19.9 Å². The summed E-state index contributed by atoms with van der Waals surface area (Å²) in [5.74, 6) is -1.01. The lowest BCUT2D eigenvalue weighted by atomic mass is 9.92. The summed E-state index contributed by atoms with van der Waals surface area (Å²) in [6.07, 6.45) is 22.5. The van der Waals surface area contributed by atoms with Crippen LogP contribution in [-0.4, -0.2) is 92.8 Å². The number of rotatable bonds is 35. The van der Waals surface area contributed by atoms with Gasteiger partial charge in [-0.2, -0.15) is 0 Å². The van der Waals surface area contributed by atoms with Crippen molar-refractivity contribution in [3.05, 3.63) is 35.9 Å². The number of unbranched alkanes of at least 4 members (excludes halogenated alkanes) is 23. The van der Waals surface area contributed by atoms with Crippen LogP contribution in [0.2, 0.25) is 0 Å². The Hall–Kier alpha value is -2.57. The molecule has 1 aromatic rings. The van der Waals surface area contributed by atoms with Gasteiger partial charge in [0, 0.05) is 13.0 Å². The number of amides is 3. The predicted molar refractivity (Wildman–Crippen MR) is 246 cm³/mol. The third kappa shape index (κ3) is 22.1. The zero-order valence-electron chi connectivity index (χ0n) is 39.0. The highest BCUT2D eigenvalue weighted by Gasteiger charge is 2.53. The number of aliphatic hydroxyl groups is 3. The maximum Gasteiger partial charge on any atom is 0.417 e. The van der Waals surface area contributed by atoms with Gasteiger partial charge in [0.15, 0.2) is 6.23 Å². The third-order valence-corrected chi connectivity index (χ3v) is 12.2. The number of carbonyl (C=O) groups excluding carboxylic acids is 3. The monoisotopic (exact) mass is 860 g/mol. The van der Waals surface area contributed by atoms with Gasteiger partial charge in [0.25, 0.3) is 0 Å². The number of hydrogen-bond donors (Lipinski definition) is 4. The molecule has 0 bridgehead atoms. The second-order valence-corrected chi connectivity index (χ2v) is 18.2. The molecule has 1 heterocycles. The molecular weight excluding hydrogens is 771 g/mol. The summed E-state index contributed by atoms with van der Waals surface area (Å²) in [7, 11) is 0. The summed E-state index contributed by atoms with van der Waals surface area (Å²) in [6.45, 7) is 7.77. The van der Waals surface area contributed by atoms with Gasteiger partial charge in [0.2, 0.25) is 11.8 Å². The first-order chi connectivity index (χ1) is 29.6. The summed E-state index contributed by atoms with van der Waals surface area (Å²) < 4.78 is 12.0. The maximum atomic E-state index is 14.3. The van der Waals surface area contributed by atoms with Gasteiger partial charge in [-0.3, -0.25) is 9.59 Å². The van der Waals surface area contributed by atoms with Crippen molar-refractivity contribution in [2.45, 2.75) is 244 Å². The van der Waals surface area contributed by atoms with E-state index in [0.29, 0.717) is 18.4 Å². The molecule has 5 N–H and O–H groups in total. The highest BCUT2D eigenvalue weighted by molar-refractivity contribution is 5.95. The first-order valence-electron chi connectivity index (χ1n) is 24.8. The molecule has 1 aliphatic rings. The standard InChI is InChI=1S/C50H89N3O8/c1-5-7-9-11-13-15-17-18-19-21-23-25-27-32-36-52(44(55)35-31-26-24-22-20-16-14-12-10-8-6-2)49-45(47(57)46(56)43(38-54)61-49)53(48(58)42(51)37-40(3)4)50(59)60-39-41-33-29-28-30-34-41/h28-30,33-34,40,42-43,45-47,49,54,56-57H,5-27,31-32,35-39,51H2,1-4H3/t42-,43+,45+,46+,47+,49+/m0/s1. The van der Waals surface area contributed by atoms with Gasteiger partial charge in [-0.05, 0) is 30.7 Å². The van der Waals surface area contributed by atoms with E-state index in [4.69, 9.17) is 15.2 Å². The lowest BCUT2D eigenvalue weighted by molar-refractivity contribution is -0.245. The molecule has 1 saturated heterocycles. The zero-order valence-corrected chi connectivity index (χ0v) is 39.0. The van der Waals surface area contributed by atoms with E-state index in [0.717, 1.165) is 43.4 Å². The molecule has 11 heteroatoms. The second-order valence-electron chi connectivity index (χ2n) is 18.2. The molecule has 0 radical (unpaired) electrons. The van der Waals surface area contributed by atoms with Crippen molar-refractivity contribution in [3.8, 4) is 0 Å². The molecule has 6 atom stereocenters. The fraction of sp³-hybridized carbons (Fsp3) is 0.820. The number of nitrogens with two attached hydrogens (primary N) is 1. The highest BCUT2D eigenvalue weighted by atomic mass is 16.6. The number of hydrogen-bond acceptors (Lipinski definition) is 9. The smallest absolute Gasteiger partial charge is 0.417 e. The summed E-state index contributed by atoms with van der Waals surface area (Å²) >= 11 is 0. The first kappa shape index (κ1) is 54.6. The molecule has 0 aromatic heterocycles. The maximum absolute atomic E-state index is 14.3. The fourth-order valence-corrected chi connectivity index (χ4v) is 8.51. The third-order valence-electron chi connectivity index (χ3n) is 12.2. The van der Waals surface area contributed by atoms with E-state index in [-0.39, 0.29) is 37.8 Å². The van der Waals surface area contributed by atoms with Crippen molar-refractivity contribution in [2.24, 2.45) is 11.7 Å². The van der Waals surface area contributed by atoms with Crippen LogP contribution in [0.25, 0.3) is 0 Å². The molecule has 2 rings (SSSR count). The largest absolute Gasteiger partial charge is 0.444 e. The van der Waals surface area contributed by atoms with Crippen molar-refractivity contribution in [1.82, 2.24) is 9.80 Å². The van der Waals surface area contributed by atoms with Gasteiger partial charge < -0.3 is 35.4 Å². The SMILES string of the molecule is CCCCCCCCCCCCCCCCN(C(=O)CCCCCCCCCCCCC)[C@@H]1O[C@H](CO)[C@@H](O)[C@H](O)[C@H]1N(C(=O)OCc1ccccc1)C(=O)[C@@H](N)CC(C)C. The number of carbonyl (C=O) groups is 3. The fourth-order valence-electron chi connectivity index (χ4n) is 8.51. The van der Waals surface area contributed by atoms with Gasteiger partial charge >= 0.3 is 6.09 Å². The van der Waals surface area contributed by atoms with Gasteiger partial charge in [-0.15, -0.1) is 0 Å². The van der Waals surface area contributed by atoms with Gasteiger partial charge in [-0.1, -0.05) is 206 Å². The van der Waals surface area contributed by atoms with Crippen molar-refractivity contribution in [3.63, 3.8) is 0 Å². The van der Waals surface area contributed by atoms with E-state index in [1.165, 1.54) is 114 Å². The minimum atomic E-state index is -1.76. The molecule has 0 aliphatic carbocycles. The minimum Gasteiger partial charge on any atom is -0.444 e. The second kappa shape index (κ2) is 33.9. The summed E-state index contributed by atoms with van der Waals surface area (Å²) in [5.41, 5.74) is 7.12. The van der Waals surface area contributed by atoms with Gasteiger partial charge in [0.05, 0.1) is 12.6 Å². The number of benzene rings is 1. The Bertz CT molecular complexity index is 1270. The number of imide groups is 1. The van der Waals surface area contributed by atoms with Crippen LogP contribution in [0.15, 0.2) is 30.3 Å². The van der Waals surface area contributed by atoms with Crippen molar-refractivity contribution in [1.29, 1.82) is 0 Å². The van der Waals surface area contributed by atoms with E-state index < -0.39 is 55.2 Å². The van der Waals surface area contributed by atoms with E-state index in [1.54, 1.807) is 24.3 Å². The highest BCUT2D eigenvalue weighted by Crippen LogP contribution is 2.31. The van der Waals surface area contributed by atoms with Crippen LogP contribution in [0.3, 0.4) is 0 Å². The Labute approximate surface area is 370 Å². The topological polar surface area (TPSA) is 163 Å². The summed E-state index contributed by atoms with van der Waals surface area (Å²) in [5, 5.41) is 33.3. The molecule has 0 spiro atoms. The normalized spacial score (nSPS) is 19.5.